The number of methoxy groups -OCH3 is 1. The topological polar surface area (TPSA) is 93.2 Å². The van der Waals surface area contributed by atoms with Crippen molar-refractivity contribution in [2.24, 2.45) is 0 Å². The smallest absolute Gasteiger partial charge is 0.305 e. The number of amides is 1. The van der Waals surface area contributed by atoms with E-state index in [1.54, 1.807) is 0 Å². The summed E-state index contributed by atoms with van der Waals surface area (Å²) >= 11 is 2.90. The Bertz CT molecular complexity index is 997. The van der Waals surface area contributed by atoms with E-state index in [1.807, 2.05) is 36.6 Å². The van der Waals surface area contributed by atoms with Crippen molar-refractivity contribution >= 4 is 50.5 Å². The van der Waals surface area contributed by atoms with Crippen LogP contribution < -0.4 is 10.6 Å². The van der Waals surface area contributed by atoms with Gasteiger partial charge in [0.2, 0.25) is 5.91 Å². The van der Waals surface area contributed by atoms with Crippen LogP contribution in [0, 0.1) is 6.92 Å². The van der Waals surface area contributed by atoms with Gasteiger partial charge in [-0.2, -0.15) is 0 Å². The van der Waals surface area contributed by atoms with Crippen LogP contribution >= 0.6 is 22.7 Å². The zero-order valence-electron chi connectivity index (χ0n) is 15.7. The van der Waals surface area contributed by atoms with E-state index in [-0.39, 0.29) is 11.9 Å². The minimum atomic E-state index is -0.221. The van der Waals surface area contributed by atoms with Crippen molar-refractivity contribution in [3.05, 3.63) is 40.9 Å². The molecule has 0 aliphatic carbocycles. The fraction of sp³-hybridized carbons (Fsp3) is 0.263. The Hall–Kier alpha value is -2.78. The van der Waals surface area contributed by atoms with E-state index in [9.17, 15) is 9.59 Å². The molecule has 0 spiro atoms. The summed E-state index contributed by atoms with van der Waals surface area (Å²) in [5.41, 5.74) is 3.60. The zero-order valence-corrected chi connectivity index (χ0v) is 17.4. The normalized spacial score (nSPS) is 10.5. The van der Waals surface area contributed by atoms with Gasteiger partial charge in [0.25, 0.3) is 0 Å². The van der Waals surface area contributed by atoms with Crippen LogP contribution in [0.3, 0.4) is 0 Å². The van der Waals surface area contributed by atoms with E-state index in [0.29, 0.717) is 18.0 Å². The first-order chi connectivity index (χ1) is 13.4. The van der Waals surface area contributed by atoms with Gasteiger partial charge >= 0.3 is 5.97 Å². The van der Waals surface area contributed by atoms with Gasteiger partial charge in [0.05, 0.1) is 23.4 Å². The first-order valence-corrected chi connectivity index (χ1v) is 10.3. The third-order valence-corrected chi connectivity index (χ3v) is 5.69. The van der Waals surface area contributed by atoms with Gasteiger partial charge in [-0.3, -0.25) is 9.59 Å². The summed E-state index contributed by atoms with van der Waals surface area (Å²) in [6.45, 7) is 3.36. The summed E-state index contributed by atoms with van der Waals surface area (Å²) in [7, 11) is 1.39. The highest BCUT2D eigenvalue weighted by molar-refractivity contribution is 7.20. The summed E-state index contributed by atoms with van der Waals surface area (Å²) in [5, 5.41) is 9.30. The van der Waals surface area contributed by atoms with Gasteiger partial charge in [-0.15, -0.1) is 11.3 Å². The summed E-state index contributed by atoms with van der Waals surface area (Å²) in [5.74, 6) is -0.366. The van der Waals surface area contributed by atoms with Crippen molar-refractivity contribution in [3.63, 3.8) is 0 Å². The van der Waals surface area contributed by atoms with Crippen LogP contribution in [0.2, 0.25) is 0 Å². The highest BCUT2D eigenvalue weighted by Crippen LogP contribution is 2.35. The molecule has 0 aliphatic rings. The van der Waals surface area contributed by atoms with E-state index in [1.165, 1.54) is 36.7 Å². The maximum Gasteiger partial charge on any atom is 0.305 e. The number of ether oxygens (including phenoxy) is 1. The molecule has 2 heterocycles. The minimum Gasteiger partial charge on any atom is -0.469 e. The van der Waals surface area contributed by atoms with Crippen LogP contribution in [0.15, 0.2) is 29.6 Å². The maximum absolute atomic E-state index is 11.3. The molecule has 0 fully saturated rings. The van der Waals surface area contributed by atoms with Gasteiger partial charge in [-0.05, 0) is 31.0 Å². The molecule has 0 bridgehead atoms. The zero-order chi connectivity index (χ0) is 20.1. The monoisotopic (exact) mass is 416 g/mol. The number of thiazole rings is 2. The molecule has 7 nitrogen and oxygen atoms in total. The Balaban J connectivity index is 1.70. The fourth-order valence-corrected chi connectivity index (χ4v) is 4.32. The number of aromatic nitrogens is 2. The summed E-state index contributed by atoms with van der Waals surface area (Å²) in [4.78, 5) is 32.5. The predicted octanol–water partition coefficient (Wildman–Crippen LogP) is 4.38. The molecular weight excluding hydrogens is 396 g/mol. The number of hydrogen-bond acceptors (Lipinski definition) is 8. The lowest BCUT2D eigenvalue weighted by molar-refractivity contribution is -0.140. The first-order valence-electron chi connectivity index (χ1n) is 8.58. The number of benzene rings is 1. The molecule has 3 rings (SSSR count). The molecule has 9 heteroatoms. The summed E-state index contributed by atoms with van der Waals surface area (Å²) in [6, 6.07) is 7.87. The highest BCUT2D eigenvalue weighted by Gasteiger charge is 2.14. The van der Waals surface area contributed by atoms with Crippen LogP contribution in [0.4, 0.5) is 16.0 Å². The second-order valence-corrected chi connectivity index (χ2v) is 7.91. The Labute approximate surface area is 170 Å². The molecule has 2 aromatic heterocycles. The van der Waals surface area contributed by atoms with E-state index in [2.05, 4.69) is 25.3 Å². The molecular formula is C19H20N4O3S2. The molecule has 0 aliphatic heterocycles. The highest BCUT2D eigenvalue weighted by atomic mass is 32.1. The van der Waals surface area contributed by atoms with E-state index in [0.717, 1.165) is 32.6 Å². The quantitative estimate of drug-likeness (QED) is 0.555. The number of hydrogen-bond donors (Lipinski definition) is 2. The molecule has 2 N–H and O–H groups in total. The number of aryl methyl sites for hydroxylation is 2. The van der Waals surface area contributed by atoms with Gasteiger partial charge in [-0.25, -0.2) is 9.97 Å². The van der Waals surface area contributed by atoms with Crippen LogP contribution in [-0.2, 0) is 20.7 Å². The molecule has 1 amide bonds. The average molecular weight is 417 g/mol. The minimum absolute atomic E-state index is 0.145. The summed E-state index contributed by atoms with van der Waals surface area (Å²) < 4.78 is 4.68. The first kappa shape index (κ1) is 20.0. The largest absolute Gasteiger partial charge is 0.469 e. The lowest BCUT2D eigenvalue weighted by Crippen LogP contribution is -2.04. The third-order valence-electron chi connectivity index (χ3n) is 3.84. The number of rotatable bonds is 7. The van der Waals surface area contributed by atoms with Gasteiger partial charge in [0, 0.05) is 24.4 Å². The van der Waals surface area contributed by atoms with Gasteiger partial charge in [-0.1, -0.05) is 23.5 Å². The van der Waals surface area contributed by atoms with Crippen molar-refractivity contribution in [1.29, 1.82) is 0 Å². The van der Waals surface area contributed by atoms with E-state index in [4.69, 9.17) is 0 Å². The number of nitrogens with zero attached hydrogens (tertiary/aromatic N) is 2. The van der Waals surface area contributed by atoms with Crippen LogP contribution in [0.1, 0.15) is 24.6 Å². The van der Waals surface area contributed by atoms with Crippen molar-refractivity contribution in [2.75, 3.05) is 17.7 Å². The van der Waals surface area contributed by atoms with E-state index < -0.39 is 0 Å². The van der Waals surface area contributed by atoms with Crippen molar-refractivity contribution in [2.45, 2.75) is 26.7 Å². The second-order valence-electron chi connectivity index (χ2n) is 6.05. The number of nitrogens with one attached hydrogen (secondary N) is 2. The van der Waals surface area contributed by atoms with Crippen LogP contribution in [-0.4, -0.2) is 29.0 Å². The number of carbonyl (C=O) groups excluding carboxylic acids is 2. The van der Waals surface area contributed by atoms with Crippen molar-refractivity contribution in [1.82, 2.24) is 9.97 Å². The number of anilines is 3. The second kappa shape index (κ2) is 8.94. The summed E-state index contributed by atoms with van der Waals surface area (Å²) in [6.07, 6.45) is 0.972. The molecule has 0 unspecified atom stereocenters. The molecule has 3 aromatic rings. The Morgan fingerprint density at radius 3 is 2.79 bits per heavy atom. The maximum atomic E-state index is 11.3. The van der Waals surface area contributed by atoms with Crippen molar-refractivity contribution < 1.29 is 14.3 Å². The Morgan fingerprint density at radius 2 is 2.04 bits per heavy atom. The molecule has 0 saturated heterocycles. The lowest BCUT2D eigenvalue weighted by Gasteiger charge is -2.06. The number of carbonyl (C=O) groups is 2. The van der Waals surface area contributed by atoms with E-state index >= 15 is 0 Å². The molecule has 0 atom stereocenters. The Morgan fingerprint density at radius 1 is 1.21 bits per heavy atom. The lowest BCUT2D eigenvalue weighted by atomic mass is 10.1. The van der Waals surface area contributed by atoms with Crippen LogP contribution in [0.25, 0.3) is 10.6 Å². The predicted molar refractivity (Wildman–Crippen MR) is 112 cm³/mol. The third kappa shape index (κ3) is 5.14. The van der Waals surface area contributed by atoms with Gasteiger partial charge in [0.1, 0.15) is 0 Å². The number of esters is 1. The molecule has 146 valence electrons. The molecule has 0 radical (unpaired) electrons. The average Bonchev–Trinajstić information content (AvgIpc) is 3.25. The molecule has 1 aromatic carbocycles. The van der Waals surface area contributed by atoms with Crippen LogP contribution in [0.5, 0.6) is 0 Å². The van der Waals surface area contributed by atoms with Crippen molar-refractivity contribution in [3.8, 4) is 10.6 Å². The fourth-order valence-electron chi connectivity index (χ4n) is 2.55. The van der Waals surface area contributed by atoms with Gasteiger partial charge < -0.3 is 15.4 Å². The molecule has 0 saturated carbocycles. The SMILES string of the molecule is COC(=O)CCc1cccc(Nc2nc(-c3sc(NC(C)=O)nc3C)cs2)c1. The standard InChI is InChI=1S/C19H20N4O3S2/c1-11-17(28-19(20-11)21-12(2)24)15-10-27-18(23-15)22-14-6-4-5-13(9-14)7-8-16(25)26-3/h4-6,9-10H,7-8H2,1-3H3,(H,22,23)(H,20,21,24). The molecule has 28 heavy (non-hydrogen) atoms. The Kier molecular flexibility index (Phi) is 6.37. The van der Waals surface area contributed by atoms with Gasteiger partial charge in [0.15, 0.2) is 10.3 Å².